The molecule has 0 bridgehead atoms. The van der Waals surface area contributed by atoms with Gasteiger partial charge in [-0.2, -0.15) is 0 Å². The van der Waals surface area contributed by atoms with Gasteiger partial charge in [-0.25, -0.2) is 4.98 Å². The van der Waals surface area contributed by atoms with Crippen LogP contribution in [0.15, 0.2) is 62.7 Å². The van der Waals surface area contributed by atoms with Crippen LogP contribution in [0, 0.1) is 0 Å². The van der Waals surface area contributed by atoms with E-state index in [0.717, 1.165) is 26.6 Å². The largest absolute Gasteiger partial charge is 0.298 e. The van der Waals surface area contributed by atoms with Gasteiger partial charge in [0, 0.05) is 17.0 Å². The van der Waals surface area contributed by atoms with Crippen molar-refractivity contribution in [2.45, 2.75) is 47.6 Å². The summed E-state index contributed by atoms with van der Waals surface area (Å²) in [6, 6.07) is 15.0. The van der Waals surface area contributed by atoms with Crippen molar-refractivity contribution in [3.8, 4) is 22.0 Å². The molecule has 5 rings (SSSR count). The van der Waals surface area contributed by atoms with Crippen molar-refractivity contribution >= 4 is 34.4 Å². The first kappa shape index (κ1) is 18.1. The van der Waals surface area contributed by atoms with E-state index < -0.39 is 0 Å². The molecule has 0 N–H and O–H groups in total. The molecular weight excluding hydrogens is 404 g/mol. The van der Waals surface area contributed by atoms with Gasteiger partial charge in [0.25, 0.3) is 0 Å². The van der Waals surface area contributed by atoms with Crippen LogP contribution in [0.25, 0.3) is 22.0 Å². The molecule has 1 aliphatic rings. The Bertz CT molecular complexity index is 1030. The summed E-state index contributed by atoms with van der Waals surface area (Å²) in [4.78, 5) is 6.03. The van der Waals surface area contributed by atoms with E-state index in [1.165, 1.54) is 37.0 Å². The van der Waals surface area contributed by atoms with Crippen LogP contribution in [0.3, 0.4) is 0 Å². The fraction of sp³-hybridized carbons (Fsp3) is 0.286. The Morgan fingerprint density at radius 1 is 0.929 bits per heavy atom. The lowest BCUT2D eigenvalue weighted by molar-refractivity contribution is 0.339. The van der Waals surface area contributed by atoms with Crippen LogP contribution in [0.1, 0.15) is 38.1 Å². The number of hydrogen-bond acceptors (Lipinski definition) is 6. The molecule has 1 aliphatic carbocycles. The average Bonchev–Trinajstić information content (AvgIpc) is 3.50. The Morgan fingerprint density at radius 3 is 2.57 bits per heavy atom. The molecular formula is C21H20N4S3. The third-order valence-corrected chi connectivity index (χ3v) is 7.84. The Kier molecular flexibility index (Phi) is 5.29. The fourth-order valence-corrected chi connectivity index (χ4v) is 6.25. The van der Waals surface area contributed by atoms with Crippen molar-refractivity contribution in [3.63, 3.8) is 0 Å². The molecule has 0 radical (unpaired) electrons. The highest BCUT2D eigenvalue weighted by molar-refractivity contribution is 8.00. The summed E-state index contributed by atoms with van der Waals surface area (Å²) in [5.41, 5.74) is 2.17. The van der Waals surface area contributed by atoms with Crippen molar-refractivity contribution in [3.05, 3.63) is 53.2 Å². The molecule has 0 atom stereocenters. The lowest BCUT2D eigenvalue weighted by Gasteiger charge is -2.25. The Hall–Kier alpha value is -1.96. The summed E-state index contributed by atoms with van der Waals surface area (Å²) in [5, 5.41) is 14.3. The molecule has 1 fully saturated rings. The smallest absolute Gasteiger partial charge is 0.198 e. The third kappa shape index (κ3) is 3.66. The second-order valence-corrected chi connectivity index (χ2v) is 9.93. The monoisotopic (exact) mass is 424 g/mol. The van der Waals surface area contributed by atoms with E-state index >= 15 is 0 Å². The van der Waals surface area contributed by atoms with Gasteiger partial charge >= 0.3 is 0 Å². The number of rotatable bonds is 5. The Labute approximate surface area is 176 Å². The zero-order chi connectivity index (χ0) is 18.8. The predicted molar refractivity (Wildman–Crippen MR) is 117 cm³/mol. The van der Waals surface area contributed by atoms with Crippen molar-refractivity contribution in [1.82, 2.24) is 19.7 Å². The first-order valence-electron chi connectivity index (χ1n) is 9.56. The van der Waals surface area contributed by atoms with Gasteiger partial charge in [-0.3, -0.25) is 4.57 Å². The molecule has 7 heteroatoms. The van der Waals surface area contributed by atoms with Gasteiger partial charge in [-0.15, -0.1) is 32.9 Å². The van der Waals surface area contributed by atoms with Gasteiger partial charge < -0.3 is 0 Å². The summed E-state index contributed by atoms with van der Waals surface area (Å²) < 4.78 is 3.39. The fourth-order valence-electron chi connectivity index (χ4n) is 3.71. The number of benzene rings is 1. The standard InChI is InChI=1S/C21H20N4S3/c1-3-8-15(9-4-1)17-14-27-21(22-17)28-20-24-23-19(18-12-7-13-26-18)25(20)16-10-5-2-6-11-16/h1,3-4,7-9,12-14,16H,2,5-6,10-11H2. The predicted octanol–water partition coefficient (Wildman–Crippen LogP) is 6.79. The molecule has 0 unspecified atom stereocenters. The maximum atomic E-state index is 4.84. The molecule has 142 valence electrons. The molecule has 28 heavy (non-hydrogen) atoms. The van der Waals surface area contributed by atoms with E-state index in [9.17, 15) is 0 Å². The van der Waals surface area contributed by atoms with Gasteiger partial charge in [-0.1, -0.05) is 55.7 Å². The zero-order valence-corrected chi connectivity index (χ0v) is 17.8. The van der Waals surface area contributed by atoms with Crippen molar-refractivity contribution < 1.29 is 0 Å². The molecule has 1 aromatic carbocycles. The zero-order valence-electron chi connectivity index (χ0n) is 15.3. The highest BCUT2D eigenvalue weighted by Gasteiger charge is 2.25. The van der Waals surface area contributed by atoms with Crippen molar-refractivity contribution in [2.75, 3.05) is 0 Å². The quantitative estimate of drug-likeness (QED) is 0.354. The number of thiazole rings is 1. The average molecular weight is 425 g/mol. The molecule has 0 aliphatic heterocycles. The van der Waals surface area contributed by atoms with Crippen LogP contribution in [0.5, 0.6) is 0 Å². The van der Waals surface area contributed by atoms with Gasteiger partial charge in [-0.05, 0) is 36.0 Å². The lowest BCUT2D eigenvalue weighted by atomic mass is 9.95. The Balaban J connectivity index is 1.47. The van der Waals surface area contributed by atoms with Crippen LogP contribution in [-0.2, 0) is 0 Å². The first-order valence-corrected chi connectivity index (χ1v) is 12.1. The minimum absolute atomic E-state index is 0.483. The maximum absolute atomic E-state index is 4.84. The molecule has 4 nitrogen and oxygen atoms in total. The van der Waals surface area contributed by atoms with Crippen LogP contribution < -0.4 is 0 Å². The third-order valence-electron chi connectivity index (χ3n) is 5.08. The minimum Gasteiger partial charge on any atom is -0.298 e. The maximum Gasteiger partial charge on any atom is 0.198 e. The van der Waals surface area contributed by atoms with E-state index in [4.69, 9.17) is 4.98 Å². The molecule has 1 saturated carbocycles. The van der Waals surface area contributed by atoms with Crippen LogP contribution in [-0.4, -0.2) is 19.7 Å². The summed E-state index contributed by atoms with van der Waals surface area (Å²) in [5.74, 6) is 1.00. The first-order chi connectivity index (χ1) is 13.9. The summed E-state index contributed by atoms with van der Waals surface area (Å²) in [7, 11) is 0. The summed E-state index contributed by atoms with van der Waals surface area (Å²) in [6.07, 6.45) is 6.31. The topological polar surface area (TPSA) is 43.6 Å². The number of aromatic nitrogens is 4. The highest BCUT2D eigenvalue weighted by Crippen LogP contribution is 2.39. The highest BCUT2D eigenvalue weighted by atomic mass is 32.2. The molecule has 0 spiro atoms. The normalized spacial score (nSPS) is 15.1. The second kappa shape index (κ2) is 8.19. The molecule has 0 saturated heterocycles. The van der Waals surface area contributed by atoms with Gasteiger partial charge in [0.1, 0.15) is 0 Å². The molecule has 3 heterocycles. The second-order valence-electron chi connectivity index (χ2n) is 6.91. The molecule has 3 aromatic heterocycles. The van der Waals surface area contributed by atoms with Crippen LogP contribution in [0.2, 0.25) is 0 Å². The van der Waals surface area contributed by atoms with Crippen molar-refractivity contribution in [2.24, 2.45) is 0 Å². The minimum atomic E-state index is 0.483. The van der Waals surface area contributed by atoms with E-state index in [2.05, 4.69) is 61.9 Å². The molecule has 0 amide bonds. The van der Waals surface area contributed by atoms with Gasteiger partial charge in [0.15, 0.2) is 15.3 Å². The van der Waals surface area contributed by atoms with Crippen molar-refractivity contribution in [1.29, 1.82) is 0 Å². The van der Waals surface area contributed by atoms with Crippen LogP contribution in [0.4, 0.5) is 0 Å². The van der Waals surface area contributed by atoms with E-state index in [1.54, 1.807) is 34.4 Å². The van der Waals surface area contributed by atoms with Gasteiger partial charge in [0.05, 0.1) is 10.6 Å². The van der Waals surface area contributed by atoms with E-state index in [1.807, 2.05) is 6.07 Å². The van der Waals surface area contributed by atoms with E-state index in [-0.39, 0.29) is 0 Å². The number of nitrogens with zero attached hydrogens (tertiary/aromatic N) is 4. The molecule has 4 aromatic rings. The van der Waals surface area contributed by atoms with E-state index in [0.29, 0.717) is 6.04 Å². The number of hydrogen-bond donors (Lipinski definition) is 0. The SMILES string of the molecule is c1ccc(-c2csc(Sc3nnc(-c4cccs4)n3C3CCCCC3)n2)cc1. The van der Waals surface area contributed by atoms with Gasteiger partial charge in [0.2, 0.25) is 0 Å². The van der Waals surface area contributed by atoms with Crippen LogP contribution >= 0.6 is 34.4 Å². The summed E-state index contributed by atoms with van der Waals surface area (Å²) >= 11 is 5.05. The Morgan fingerprint density at radius 2 is 1.79 bits per heavy atom. The number of thiophene rings is 1. The summed E-state index contributed by atoms with van der Waals surface area (Å²) in [6.45, 7) is 0. The lowest BCUT2D eigenvalue weighted by Crippen LogP contribution is -2.14.